The highest BCUT2D eigenvalue weighted by Crippen LogP contribution is 2.18. The number of aromatic carboxylic acids is 1. The summed E-state index contributed by atoms with van der Waals surface area (Å²) in [5.41, 5.74) is 0.341. The molecule has 98 valence electrons. The molecule has 1 aromatic rings. The predicted octanol–water partition coefficient (Wildman–Crippen LogP) is 1.89. The molecule has 0 radical (unpaired) electrons. The van der Waals surface area contributed by atoms with E-state index in [1.807, 2.05) is 0 Å². The summed E-state index contributed by atoms with van der Waals surface area (Å²) in [5, 5.41) is 11.9. The summed E-state index contributed by atoms with van der Waals surface area (Å²) in [5.74, 6) is -1.37. The Hall–Kier alpha value is -1.62. The van der Waals surface area contributed by atoms with Gasteiger partial charge in [-0.1, -0.05) is 0 Å². The van der Waals surface area contributed by atoms with Crippen LogP contribution in [0.1, 0.15) is 16.8 Å². The highest BCUT2D eigenvalue weighted by atomic mass is 19.1. The van der Waals surface area contributed by atoms with Crippen molar-refractivity contribution in [2.24, 2.45) is 5.92 Å². The summed E-state index contributed by atoms with van der Waals surface area (Å²) >= 11 is 0. The largest absolute Gasteiger partial charge is 0.478 e. The van der Waals surface area contributed by atoms with E-state index >= 15 is 0 Å². The highest BCUT2D eigenvalue weighted by Gasteiger charge is 2.19. The van der Waals surface area contributed by atoms with Gasteiger partial charge in [0.2, 0.25) is 0 Å². The first-order valence-electron chi connectivity index (χ1n) is 6.01. The quantitative estimate of drug-likeness (QED) is 0.859. The average Bonchev–Trinajstić information content (AvgIpc) is 2.72. The molecular weight excluding hydrogens is 235 g/mol. The number of carboxylic acid groups (broad SMARTS) is 1. The van der Waals surface area contributed by atoms with Crippen molar-refractivity contribution in [3.63, 3.8) is 0 Å². The number of anilines is 1. The third kappa shape index (κ3) is 2.98. The number of hydrogen-bond donors (Lipinski definition) is 2. The normalized spacial score (nSPS) is 20.0. The summed E-state index contributed by atoms with van der Waals surface area (Å²) in [6.45, 7) is 2.93. The van der Waals surface area contributed by atoms with Gasteiger partial charge in [0.05, 0.1) is 5.56 Å². The topological polar surface area (TPSA) is 52.6 Å². The Morgan fingerprint density at radius 2 is 2.39 bits per heavy atom. The van der Waals surface area contributed by atoms with Crippen molar-refractivity contribution < 1.29 is 14.3 Å². The van der Waals surface area contributed by atoms with Gasteiger partial charge in [-0.2, -0.15) is 0 Å². The minimum Gasteiger partial charge on any atom is -0.478 e. The molecule has 1 fully saturated rings. The Morgan fingerprint density at radius 3 is 2.94 bits per heavy atom. The summed E-state index contributed by atoms with van der Waals surface area (Å²) < 4.78 is 13.4. The lowest BCUT2D eigenvalue weighted by atomic mass is 10.1. The molecule has 1 heterocycles. The number of likely N-dealkylation sites (tertiary alicyclic amines) is 1. The van der Waals surface area contributed by atoms with Crippen molar-refractivity contribution in [2.45, 2.75) is 6.42 Å². The number of rotatable bonds is 4. The molecule has 0 aliphatic carbocycles. The van der Waals surface area contributed by atoms with Gasteiger partial charge in [-0.25, -0.2) is 9.18 Å². The monoisotopic (exact) mass is 252 g/mol. The molecule has 0 bridgehead atoms. The zero-order valence-electron chi connectivity index (χ0n) is 10.3. The van der Waals surface area contributed by atoms with Crippen molar-refractivity contribution in [1.82, 2.24) is 4.90 Å². The van der Waals surface area contributed by atoms with Gasteiger partial charge in [0.15, 0.2) is 0 Å². The molecule has 1 saturated heterocycles. The molecule has 1 unspecified atom stereocenters. The van der Waals surface area contributed by atoms with Gasteiger partial charge in [-0.15, -0.1) is 0 Å². The van der Waals surface area contributed by atoms with Crippen LogP contribution in [0.4, 0.5) is 10.1 Å². The standard InChI is InChI=1S/C13H17FN2O2/c1-16-5-4-9(8-16)7-15-10-2-3-11(13(17)18)12(14)6-10/h2-3,6,9,15H,4-5,7-8H2,1H3,(H,17,18). The lowest BCUT2D eigenvalue weighted by Crippen LogP contribution is -2.19. The van der Waals surface area contributed by atoms with Gasteiger partial charge >= 0.3 is 5.97 Å². The number of hydrogen-bond acceptors (Lipinski definition) is 3. The number of benzene rings is 1. The fraction of sp³-hybridized carbons (Fsp3) is 0.462. The van der Waals surface area contributed by atoms with Crippen LogP contribution in [0.15, 0.2) is 18.2 Å². The summed E-state index contributed by atoms with van der Waals surface area (Å²) in [4.78, 5) is 12.9. The van der Waals surface area contributed by atoms with Crippen molar-refractivity contribution in [1.29, 1.82) is 0 Å². The summed E-state index contributed by atoms with van der Waals surface area (Å²) in [6.07, 6.45) is 1.14. The molecule has 1 atom stereocenters. The first kappa shape index (κ1) is 12.8. The molecule has 5 heteroatoms. The maximum Gasteiger partial charge on any atom is 0.338 e. The Morgan fingerprint density at radius 1 is 1.61 bits per heavy atom. The van der Waals surface area contributed by atoms with E-state index in [9.17, 15) is 9.18 Å². The number of carboxylic acids is 1. The summed E-state index contributed by atoms with van der Waals surface area (Å²) in [7, 11) is 2.08. The number of nitrogens with one attached hydrogen (secondary N) is 1. The van der Waals surface area contributed by atoms with Crippen molar-refractivity contribution in [3.8, 4) is 0 Å². The number of nitrogens with zero attached hydrogens (tertiary/aromatic N) is 1. The van der Waals surface area contributed by atoms with Gasteiger partial charge in [-0.3, -0.25) is 0 Å². The Labute approximate surface area is 105 Å². The van der Waals surface area contributed by atoms with E-state index in [-0.39, 0.29) is 5.56 Å². The van der Waals surface area contributed by atoms with E-state index in [1.165, 1.54) is 12.1 Å². The smallest absolute Gasteiger partial charge is 0.338 e. The minimum atomic E-state index is -1.24. The Balaban J connectivity index is 1.94. The van der Waals surface area contributed by atoms with E-state index in [0.29, 0.717) is 11.6 Å². The van der Waals surface area contributed by atoms with Crippen molar-refractivity contribution >= 4 is 11.7 Å². The van der Waals surface area contributed by atoms with Gasteiger partial charge in [0.25, 0.3) is 0 Å². The van der Waals surface area contributed by atoms with E-state index < -0.39 is 11.8 Å². The van der Waals surface area contributed by atoms with Crippen LogP contribution in [0.3, 0.4) is 0 Å². The summed E-state index contributed by atoms with van der Waals surface area (Å²) in [6, 6.07) is 4.13. The minimum absolute atomic E-state index is 0.291. The van der Waals surface area contributed by atoms with Crippen LogP contribution >= 0.6 is 0 Å². The molecule has 1 aliphatic rings. The van der Waals surface area contributed by atoms with Gasteiger partial charge in [0, 0.05) is 18.8 Å². The highest BCUT2D eigenvalue weighted by molar-refractivity contribution is 5.88. The van der Waals surface area contributed by atoms with E-state index in [0.717, 1.165) is 26.1 Å². The number of halogens is 1. The second kappa shape index (κ2) is 5.35. The molecule has 0 aromatic heterocycles. The molecular formula is C13H17FN2O2. The fourth-order valence-electron chi connectivity index (χ4n) is 2.25. The van der Waals surface area contributed by atoms with Crippen molar-refractivity contribution in [2.75, 3.05) is 32.0 Å². The first-order valence-corrected chi connectivity index (χ1v) is 6.01. The molecule has 0 amide bonds. The van der Waals surface area contributed by atoms with Crippen LogP contribution in [-0.4, -0.2) is 42.7 Å². The second-order valence-electron chi connectivity index (χ2n) is 4.80. The molecule has 18 heavy (non-hydrogen) atoms. The van der Waals surface area contributed by atoms with E-state index in [4.69, 9.17) is 5.11 Å². The first-order chi connectivity index (χ1) is 8.56. The molecule has 0 spiro atoms. The van der Waals surface area contributed by atoms with Gasteiger partial charge < -0.3 is 15.3 Å². The predicted molar refractivity (Wildman–Crippen MR) is 67.5 cm³/mol. The van der Waals surface area contributed by atoms with Crippen LogP contribution < -0.4 is 5.32 Å². The molecule has 4 nitrogen and oxygen atoms in total. The van der Waals surface area contributed by atoms with E-state index in [1.54, 1.807) is 6.07 Å². The average molecular weight is 252 g/mol. The third-order valence-corrected chi connectivity index (χ3v) is 3.28. The van der Waals surface area contributed by atoms with Crippen LogP contribution in [0.2, 0.25) is 0 Å². The van der Waals surface area contributed by atoms with Crippen LogP contribution in [0.5, 0.6) is 0 Å². The Bertz CT molecular complexity index is 451. The zero-order chi connectivity index (χ0) is 13.1. The maximum atomic E-state index is 13.4. The van der Waals surface area contributed by atoms with E-state index in [2.05, 4.69) is 17.3 Å². The second-order valence-corrected chi connectivity index (χ2v) is 4.80. The van der Waals surface area contributed by atoms with Gasteiger partial charge in [0.1, 0.15) is 5.82 Å². The Kier molecular flexibility index (Phi) is 3.81. The molecule has 2 N–H and O–H groups in total. The van der Waals surface area contributed by atoms with Crippen molar-refractivity contribution in [3.05, 3.63) is 29.6 Å². The third-order valence-electron chi connectivity index (χ3n) is 3.28. The molecule has 2 rings (SSSR count). The van der Waals surface area contributed by atoms with Crippen LogP contribution in [0.25, 0.3) is 0 Å². The van der Waals surface area contributed by atoms with Crippen LogP contribution in [-0.2, 0) is 0 Å². The zero-order valence-corrected chi connectivity index (χ0v) is 10.3. The lowest BCUT2D eigenvalue weighted by molar-refractivity contribution is 0.0692. The maximum absolute atomic E-state index is 13.4. The van der Waals surface area contributed by atoms with Crippen LogP contribution in [0, 0.1) is 11.7 Å². The van der Waals surface area contributed by atoms with Gasteiger partial charge in [-0.05, 0) is 44.1 Å². The molecule has 1 aromatic carbocycles. The lowest BCUT2D eigenvalue weighted by Gasteiger charge is -2.13. The SMILES string of the molecule is CN1CCC(CNc2ccc(C(=O)O)c(F)c2)C1. The number of carbonyl (C=O) groups is 1. The fourth-order valence-corrected chi connectivity index (χ4v) is 2.25. The molecule has 0 saturated carbocycles. The molecule has 1 aliphatic heterocycles.